The first-order valence-corrected chi connectivity index (χ1v) is 8.41. The Bertz CT molecular complexity index is 521. The summed E-state index contributed by atoms with van der Waals surface area (Å²) in [5.41, 5.74) is 1.76. The molecule has 94 valence electrons. The highest BCUT2D eigenvalue weighted by Crippen LogP contribution is 2.18. The monoisotopic (exact) mass is 366 g/mol. The highest BCUT2D eigenvalue weighted by molar-refractivity contribution is 14.1. The van der Waals surface area contributed by atoms with Gasteiger partial charge in [0, 0.05) is 21.8 Å². The van der Waals surface area contributed by atoms with Crippen LogP contribution in [-0.4, -0.2) is 26.2 Å². The molecule has 0 aliphatic carbocycles. The number of halogens is 1. The maximum Gasteiger partial charge on any atom is 0.163 e. The molecule has 17 heavy (non-hydrogen) atoms. The van der Waals surface area contributed by atoms with E-state index in [1.165, 1.54) is 6.26 Å². The second kappa shape index (κ2) is 5.95. The predicted octanol–water partition coefficient (Wildman–Crippen LogP) is 2.61. The number of rotatable bonds is 5. The van der Waals surface area contributed by atoms with E-state index in [4.69, 9.17) is 0 Å². The number of aryl methyl sites for hydroxylation is 1. The number of hydrogen-bond acceptors (Lipinski definition) is 3. The van der Waals surface area contributed by atoms with E-state index in [9.17, 15) is 13.2 Å². The molecule has 0 spiro atoms. The smallest absolute Gasteiger partial charge is 0.163 e. The Morgan fingerprint density at radius 1 is 1.35 bits per heavy atom. The minimum atomic E-state index is -2.97. The van der Waals surface area contributed by atoms with Crippen molar-refractivity contribution in [2.45, 2.75) is 19.8 Å². The number of ketones is 1. The highest BCUT2D eigenvalue weighted by atomic mass is 127. The number of hydrogen-bond donors (Lipinski definition) is 0. The van der Waals surface area contributed by atoms with Gasteiger partial charge in [-0.15, -0.1) is 0 Å². The average molecular weight is 366 g/mol. The Kier molecular flexibility index (Phi) is 5.12. The molecule has 0 aliphatic heterocycles. The Labute approximate surface area is 116 Å². The second-order valence-electron chi connectivity index (χ2n) is 4.09. The van der Waals surface area contributed by atoms with Crippen molar-refractivity contribution in [3.63, 3.8) is 0 Å². The zero-order valence-corrected chi connectivity index (χ0v) is 12.8. The molecule has 0 saturated heterocycles. The molecule has 0 heterocycles. The molecule has 1 rings (SSSR count). The zero-order valence-electron chi connectivity index (χ0n) is 9.86. The van der Waals surface area contributed by atoms with Crippen LogP contribution in [0.3, 0.4) is 0 Å². The molecule has 0 atom stereocenters. The van der Waals surface area contributed by atoms with Crippen molar-refractivity contribution in [3.8, 4) is 0 Å². The first kappa shape index (κ1) is 14.6. The van der Waals surface area contributed by atoms with Gasteiger partial charge in [0.2, 0.25) is 0 Å². The van der Waals surface area contributed by atoms with Crippen LogP contribution in [0.15, 0.2) is 18.2 Å². The fourth-order valence-corrected chi connectivity index (χ4v) is 2.82. The molecule has 0 amide bonds. The third-order valence-electron chi connectivity index (χ3n) is 2.41. The molecule has 0 radical (unpaired) electrons. The molecule has 0 fully saturated rings. The fourth-order valence-electron chi connectivity index (χ4n) is 1.49. The summed E-state index contributed by atoms with van der Waals surface area (Å²) >= 11 is 2.15. The van der Waals surface area contributed by atoms with Crippen LogP contribution in [0, 0.1) is 10.5 Å². The summed E-state index contributed by atoms with van der Waals surface area (Å²) in [5.74, 6) is 0.0861. The molecule has 1 aromatic rings. The third kappa shape index (κ3) is 4.75. The molecule has 0 bridgehead atoms. The van der Waals surface area contributed by atoms with Crippen LogP contribution < -0.4 is 0 Å². The van der Waals surface area contributed by atoms with E-state index in [0.29, 0.717) is 12.0 Å². The molecule has 0 N–H and O–H groups in total. The van der Waals surface area contributed by atoms with Gasteiger partial charge in [-0.1, -0.05) is 18.2 Å². The second-order valence-corrected chi connectivity index (χ2v) is 7.43. The Morgan fingerprint density at radius 3 is 2.59 bits per heavy atom. The van der Waals surface area contributed by atoms with E-state index in [2.05, 4.69) is 22.6 Å². The number of carbonyl (C=O) groups excluding carboxylic acids is 1. The first-order valence-electron chi connectivity index (χ1n) is 5.27. The summed E-state index contributed by atoms with van der Waals surface area (Å²) in [7, 11) is -2.97. The van der Waals surface area contributed by atoms with E-state index in [-0.39, 0.29) is 18.0 Å². The van der Waals surface area contributed by atoms with Crippen LogP contribution >= 0.6 is 22.6 Å². The molecule has 0 aliphatic rings. The molecule has 0 saturated carbocycles. The van der Waals surface area contributed by atoms with Crippen molar-refractivity contribution in [1.82, 2.24) is 0 Å². The zero-order chi connectivity index (χ0) is 13.1. The third-order valence-corrected chi connectivity index (χ3v) is 4.87. The topological polar surface area (TPSA) is 51.2 Å². The largest absolute Gasteiger partial charge is 0.294 e. The molecular weight excluding hydrogens is 351 g/mol. The lowest BCUT2D eigenvalue weighted by Crippen LogP contribution is -2.08. The van der Waals surface area contributed by atoms with Gasteiger partial charge in [0.25, 0.3) is 0 Å². The van der Waals surface area contributed by atoms with Gasteiger partial charge in [-0.05, 0) is 41.5 Å². The van der Waals surface area contributed by atoms with Crippen LogP contribution in [0.4, 0.5) is 0 Å². The molecule has 5 heteroatoms. The number of benzene rings is 1. The van der Waals surface area contributed by atoms with Gasteiger partial charge in [-0.25, -0.2) is 8.42 Å². The average Bonchev–Trinajstić information content (AvgIpc) is 2.20. The van der Waals surface area contributed by atoms with Crippen molar-refractivity contribution in [3.05, 3.63) is 32.9 Å². The van der Waals surface area contributed by atoms with Crippen LogP contribution in [0.5, 0.6) is 0 Å². The SMILES string of the molecule is Cc1cccc(C(=O)CCCS(C)(=O)=O)c1I. The molecule has 0 aromatic heterocycles. The van der Waals surface area contributed by atoms with Gasteiger partial charge < -0.3 is 0 Å². The van der Waals surface area contributed by atoms with Gasteiger partial charge in [-0.3, -0.25) is 4.79 Å². The van der Waals surface area contributed by atoms with Gasteiger partial charge in [0.1, 0.15) is 9.84 Å². The van der Waals surface area contributed by atoms with Crippen LogP contribution in [-0.2, 0) is 9.84 Å². The minimum absolute atomic E-state index is 0.0155. The predicted molar refractivity (Wildman–Crippen MR) is 77.2 cm³/mol. The number of Topliss-reactive ketones (excluding diaryl/α,β-unsaturated/α-hetero) is 1. The summed E-state index contributed by atoms with van der Waals surface area (Å²) in [5, 5.41) is 0. The highest BCUT2D eigenvalue weighted by Gasteiger charge is 2.12. The van der Waals surface area contributed by atoms with Crippen molar-refractivity contribution >= 4 is 38.2 Å². The summed E-state index contributed by atoms with van der Waals surface area (Å²) < 4.78 is 22.9. The van der Waals surface area contributed by atoms with Gasteiger partial charge in [-0.2, -0.15) is 0 Å². The quantitative estimate of drug-likeness (QED) is 0.595. The van der Waals surface area contributed by atoms with Gasteiger partial charge >= 0.3 is 0 Å². The first-order chi connectivity index (χ1) is 7.81. The van der Waals surface area contributed by atoms with Crippen LogP contribution in [0.2, 0.25) is 0 Å². The van der Waals surface area contributed by atoms with Gasteiger partial charge in [0.05, 0.1) is 5.75 Å². The van der Waals surface area contributed by atoms with Crippen LogP contribution in [0.25, 0.3) is 0 Å². The normalized spacial score (nSPS) is 11.5. The molecule has 1 aromatic carbocycles. The van der Waals surface area contributed by atoms with Crippen molar-refractivity contribution in [1.29, 1.82) is 0 Å². The van der Waals surface area contributed by atoms with Crippen molar-refractivity contribution in [2.24, 2.45) is 0 Å². The number of sulfone groups is 1. The maximum absolute atomic E-state index is 11.9. The Morgan fingerprint density at radius 2 is 2.00 bits per heavy atom. The fraction of sp³-hybridized carbons (Fsp3) is 0.417. The Hall–Kier alpha value is -0.430. The lowest BCUT2D eigenvalue weighted by atomic mass is 10.1. The number of carbonyl (C=O) groups is 1. The van der Waals surface area contributed by atoms with E-state index in [0.717, 1.165) is 9.13 Å². The standard InChI is InChI=1S/C12H15IO3S/c1-9-5-3-6-10(12(9)13)11(14)7-4-8-17(2,15)16/h3,5-6H,4,7-8H2,1-2H3. The molecule has 0 unspecified atom stereocenters. The molecular formula is C12H15IO3S. The lowest BCUT2D eigenvalue weighted by Gasteiger charge is -2.05. The lowest BCUT2D eigenvalue weighted by molar-refractivity contribution is 0.0981. The van der Waals surface area contributed by atoms with E-state index in [1.54, 1.807) is 6.07 Å². The maximum atomic E-state index is 11.9. The summed E-state index contributed by atoms with van der Waals surface area (Å²) in [4.78, 5) is 11.9. The van der Waals surface area contributed by atoms with Gasteiger partial charge in [0.15, 0.2) is 5.78 Å². The van der Waals surface area contributed by atoms with E-state index in [1.807, 2.05) is 19.1 Å². The van der Waals surface area contributed by atoms with Crippen molar-refractivity contribution < 1.29 is 13.2 Å². The van der Waals surface area contributed by atoms with E-state index < -0.39 is 9.84 Å². The summed E-state index contributed by atoms with van der Waals surface area (Å²) in [6.45, 7) is 1.95. The minimum Gasteiger partial charge on any atom is -0.294 e. The molecule has 3 nitrogen and oxygen atoms in total. The van der Waals surface area contributed by atoms with E-state index >= 15 is 0 Å². The summed E-state index contributed by atoms with van der Waals surface area (Å²) in [6, 6.07) is 5.59. The van der Waals surface area contributed by atoms with Crippen molar-refractivity contribution in [2.75, 3.05) is 12.0 Å². The summed E-state index contributed by atoms with van der Waals surface area (Å²) in [6.07, 6.45) is 1.86. The Balaban J connectivity index is 2.68. The van der Waals surface area contributed by atoms with Crippen LogP contribution in [0.1, 0.15) is 28.8 Å².